The van der Waals surface area contributed by atoms with Gasteiger partial charge in [0.1, 0.15) is 17.8 Å². The van der Waals surface area contributed by atoms with Crippen molar-refractivity contribution >= 4 is 0 Å². The maximum Gasteiger partial charge on any atom is 0.330 e. The molecule has 0 bridgehead atoms. The van der Waals surface area contributed by atoms with E-state index in [-0.39, 0.29) is 19.6 Å². The molecule has 0 saturated carbocycles. The van der Waals surface area contributed by atoms with Crippen molar-refractivity contribution in [1.29, 1.82) is 0 Å². The topological polar surface area (TPSA) is 114 Å². The average Bonchev–Trinajstić information content (AvgIpc) is 2.93. The number of benzene rings is 3. The Morgan fingerprint density at radius 3 is 2.30 bits per heavy atom. The minimum absolute atomic E-state index is 0.147. The third kappa shape index (κ3) is 4.04. The number of aliphatic hydroxyl groups is 2. The molecule has 0 unspecified atom stereocenters. The zero-order valence-electron chi connectivity index (χ0n) is 19.9. The van der Waals surface area contributed by atoms with Crippen molar-refractivity contribution in [3.63, 3.8) is 0 Å². The van der Waals surface area contributed by atoms with Crippen LogP contribution in [0.1, 0.15) is 17.4 Å². The van der Waals surface area contributed by atoms with Crippen LogP contribution in [0.3, 0.4) is 0 Å². The van der Waals surface area contributed by atoms with Gasteiger partial charge in [-0.15, -0.1) is 0 Å². The Bertz CT molecular complexity index is 1550. The zero-order chi connectivity index (χ0) is 25.6. The molecule has 3 heterocycles. The minimum Gasteiger partial charge on any atom is -0.388 e. The minimum atomic E-state index is -1.41. The first-order chi connectivity index (χ1) is 18.0. The van der Waals surface area contributed by atoms with Gasteiger partial charge in [0.05, 0.1) is 13.2 Å². The van der Waals surface area contributed by atoms with Crippen LogP contribution in [0, 0.1) is 0 Å². The van der Waals surface area contributed by atoms with Gasteiger partial charge in [-0.1, -0.05) is 60.7 Å². The molecular weight excluding hydrogens is 472 g/mol. The lowest BCUT2D eigenvalue weighted by Gasteiger charge is -2.50. The van der Waals surface area contributed by atoms with Crippen LogP contribution in [-0.4, -0.2) is 44.2 Å². The fourth-order valence-corrected chi connectivity index (χ4v) is 5.41. The number of ether oxygens (including phenoxy) is 2. The summed E-state index contributed by atoms with van der Waals surface area (Å²) in [7, 11) is 0. The first-order valence-electron chi connectivity index (χ1n) is 12.2. The molecule has 1 aromatic heterocycles. The molecule has 2 aliphatic heterocycles. The van der Waals surface area contributed by atoms with Gasteiger partial charge in [0.25, 0.3) is 5.56 Å². The van der Waals surface area contributed by atoms with Crippen LogP contribution in [0.25, 0.3) is 22.3 Å². The molecule has 0 aliphatic carbocycles. The Morgan fingerprint density at radius 2 is 1.59 bits per heavy atom. The summed E-state index contributed by atoms with van der Waals surface area (Å²) in [6.45, 7) is 0.0165. The van der Waals surface area contributed by atoms with Crippen LogP contribution >= 0.6 is 0 Å². The van der Waals surface area contributed by atoms with Crippen LogP contribution in [-0.2, 0) is 22.5 Å². The van der Waals surface area contributed by atoms with E-state index in [0.29, 0.717) is 0 Å². The quantitative estimate of drug-likeness (QED) is 0.400. The summed E-state index contributed by atoms with van der Waals surface area (Å²) in [5.41, 5.74) is 3.38. The summed E-state index contributed by atoms with van der Waals surface area (Å²) in [5.74, 6) is 0. The molecule has 3 N–H and O–H groups in total. The second-order valence-electron chi connectivity index (χ2n) is 9.52. The van der Waals surface area contributed by atoms with E-state index < -0.39 is 35.3 Å². The van der Waals surface area contributed by atoms with Crippen molar-refractivity contribution in [2.45, 2.75) is 37.1 Å². The number of aliphatic hydroxyl groups excluding tert-OH is 2. The van der Waals surface area contributed by atoms with Crippen molar-refractivity contribution in [2.24, 2.45) is 0 Å². The van der Waals surface area contributed by atoms with Gasteiger partial charge in [-0.2, -0.15) is 0 Å². The summed E-state index contributed by atoms with van der Waals surface area (Å²) in [6, 6.07) is 25.5. The smallest absolute Gasteiger partial charge is 0.330 e. The Kier molecular flexibility index (Phi) is 5.89. The van der Waals surface area contributed by atoms with Gasteiger partial charge in [-0.3, -0.25) is 14.3 Å². The maximum atomic E-state index is 12.5. The lowest BCUT2D eigenvalue weighted by molar-refractivity contribution is -0.284. The van der Waals surface area contributed by atoms with E-state index in [4.69, 9.17) is 9.47 Å². The highest BCUT2D eigenvalue weighted by atomic mass is 16.6. The fourth-order valence-electron chi connectivity index (χ4n) is 5.41. The fraction of sp³-hybridized carbons (Fsp3) is 0.241. The molecule has 4 aromatic rings. The van der Waals surface area contributed by atoms with Crippen molar-refractivity contribution in [2.75, 3.05) is 6.61 Å². The second kappa shape index (κ2) is 9.24. The van der Waals surface area contributed by atoms with E-state index in [2.05, 4.69) is 29.2 Å². The predicted octanol–water partition coefficient (Wildman–Crippen LogP) is 2.63. The molecule has 8 nitrogen and oxygen atoms in total. The summed E-state index contributed by atoms with van der Waals surface area (Å²) in [4.78, 5) is 26.2. The second-order valence-corrected chi connectivity index (χ2v) is 9.52. The molecule has 6 rings (SSSR count). The van der Waals surface area contributed by atoms with Crippen LogP contribution in [0.4, 0.5) is 0 Å². The van der Waals surface area contributed by atoms with Crippen molar-refractivity contribution in [1.82, 2.24) is 9.55 Å². The van der Waals surface area contributed by atoms with E-state index in [1.807, 2.05) is 48.5 Å². The molecule has 1 spiro atoms. The highest BCUT2D eigenvalue weighted by molar-refractivity contribution is 5.77. The maximum absolute atomic E-state index is 12.5. The molecular formula is C29H26N2O6. The summed E-state index contributed by atoms with van der Waals surface area (Å²) >= 11 is 0. The molecule has 4 atom stereocenters. The lowest BCUT2D eigenvalue weighted by Crippen LogP contribution is -2.65. The standard InChI is InChI=1S/C29H26N2O6/c32-24-17-36-27(31-12-11-25(33)30-28(31)35)26(34)29(24)15-23-21(16-37-29)13-20(18-7-3-1-4-8-18)14-22(23)19-9-5-2-6-10-19/h1-14,24,26-27,32,34H,15-17H2,(H,30,33,35)/t24-,26+,27-,29-/m1/s1. The van der Waals surface area contributed by atoms with Crippen molar-refractivity contribution < 1.29 is 19.7 Å². The number of fused-ring (bicyclic) bond motifs is 1. The molecule has 1 saturated heterocycles. The third-order valence-corrected chi connectivity index (χ3v) is 7.37. The molecule has 37 heavy (non-hydrogen) atoms. The summed E-state index contributed by atoms with van der Waals surface area (Å²) < 4.78 is 13.1. The van der Waals surface area contributed by atoms with Gasteiger partial charge < -0.3 is 19.7 Å². The first-order valence-corrected chi connectivity index (χ1v) is 12.2. The third-order valence-electron chi connectivity index (χ3n) is 7.37. The Labute approximate surface area is 212 Å². The molecule has 188 valence electrons. The SMILES string of the molecule is O=c1ccn([C@@H]2OC[C@@H](O)[C@]3(Cc4c(cc(-c5ccccc5)cc4-c4ccccc4)CO3)[C@H]2O)c(=O)[nH]1. The average molecular weight is 499 g/mol. The zero-order valence-corrected chi connectivity index (χ0v) is 19.9. The van der Waals surface area contributed by atoms with Gasteiger partial charge in [-0.05, 0) is 45.5 Å². The molecule has 3 aromatic carbocycles. The number of aromatic nitrogens is 2. The largest absolute Gasteiger partial charge is 0.388 e. The highest BCUT2D eigenvalue weighted by Crippen LogP contribution is 2.44. The molecule has 1 fully saturated rings. The van der Waals surface area contributed by atoms with Crippen LogP contribution in [0.15, 0.2) is 94.6 Å². The lowest BCUT2D eigenvalue weighted by atomic mass is 9.76. The van der Waals surface area contributed by atoms with E-state index in [1.54, 1.807) is 0 Å². The van der Waals surface area contributed by atoms with Gasteiger partial charge in [0, 0.05) is 18.7 Å². The van der Waals surface area contributed by atoms with E-state index in [0.717, 1.165) is 37.9 Å². The number of nitrogens with zero attached hydrogens (tertiary/aromatic N) is 1. The van der Waals surface area contributed by atoms with E-state index >= 15 is 0 Å². The molecule has 2 aliphatic rings. The van der Waals surface area contributed by atoms with Gasteiger partial charge in [0.2, 0.25) is 0 Å². The number of aromatic amines is 1. The number of hydrogen-bond donors (Lipinski definition) is 3. The van der Waals surface area contributed by atoms with Gasteiger partial charge in [-0.25, -0.2) is 4.79 Å². The normalized spacial score (nSPS) is 25.1. The predicted molar refractivity (Wildman–Crippen MR) is 137 cm³/mol. The van der Waals surface area contributed by atoms with E-state index in [9.17, 15) is 19.8 Å². The van der Waals surface area contributed by atoms with Gasteiger partial charge in [0.15, 0.2) is 6.23 Å². The molecule has 8 heteroatoms. The monoisotopic (exact) mass is 498 g/mol. The number of hydrogen-bond acceptors (Lipinski definition) is 6. The van der Waals surface area contributed by atoms with Crippen LogP contribution < -0.4 is 11.2 Å². The van der Waals surface area contributed by atoms with E-state index in [1.165, 1.54) is 12.3 Å². The Morgan fingerprint density at radius 1 is 0.892 bits per heavy atom. The summed E-state index contributed by atoms with van der Waals surface area (Å²) in [6.07, 6.45) is -2.17. The first kappa shape index (κ1) is 23.6. The summed E-state index contributed by atoms with van der Waals surface area (Å²) in [5, 5.41) is 22.6. The van der Waals surface area contributed by atoms with Crippen molar-refractivity contribution in [3.05, 3.63) is 117 Å². The van der Waals surface area contributed by atoms with Crippen molar-refractivity contribution in [3.8, 4) is 22.3 Å². The Balaban J connectivity index is 1.46. The van der Waals surface area contributed by atoms with Gasteiger partial charge >= 0.3 is 5.69 Å². The molecule has 0 amide bonds. The number of H-pyrrole nitrogens is 1. The van der Waals surface area contributed by atoms with Crippen LogP contribution in [0.5, 0.6) is 0 Å². The van der Waals surface area contributed by atoms with Crippen LogP contribution in [0.2, 0.25) is 0 Å². The number of rotatable bonds is 3. The molecule has 0 radical (unpaired) electrons. The number of nitrogens with one attached hydrogen (secondary N) is 1. The Hall–Kier alpha value is -3.82. The highest BCUT2D eigenvalue weighted by Gasteiger charge is 2.55.